The zero-order valence-electron chi connectivity index (χ0n) is 11.2. The van der Waals surface area contributed by atoms with Gasteiger partial charge in [-0.15, -0.1) is 0 Å². The minimum Gasteiger partial charge on any atom is -0.349 e. The van der Waals surface area contributed by atoms with Gasteiger partial charge in [0.05, 0.1) is 0 Å². The molecule has 0 amide bonds. The smallest absolute Gasteiger partial charge is 0.128 e. The van der Waals surface area contributed by atoms with Crippen molar-refractivity contribution in [3.63, 3.8) is 0 Å². The van der Waals surface area contributed by atoms with E-state index < -0.39 is 0 Å². The molecule has 2 heterocycles. The Hall–Kier alpha value is -1.35. The van der Waals surface area contributed by atoms with Crippen molar-refractivity contribution >= 4 is 5.84 Å². The Balaban J connectivity index is 1.78. The van der Waals surface area contributed by atoms with Crippen LogP contribution in [0.2, 0.25) is 0 Å². The highest BCUT2D eigenvalue weighted by Crippen LogP contribution is 2.29. The van der Waals surface area contributed by atoms with Crippen LogP contribution in [-0.4, -0.2) is 41.3 Å². The van der Waals surface area contributed by atoms with Gasteiger partial charge in [0.25, 0.3) is 0 Å². The highest BCUT2D eigenvalue weighted by molar-refractivity contribution is 6.00. The Bertz CT molecular complexity index is 469. The van der Waals surface area contributed by atoms with Gasteiger partial charge in [0.1, 0.15) is 5.84 Å². The first kappa shape index (κ1) is 11.7. The Morgan fingerprint density at radius 1 is 1.28 bits per heavy atom. The summed E-state index contributed by atoms with van der Waals surface area (Å²) in [5, 5.41) is 8.35. The summed E-state index contributed by atoms with van der Waals surface area (Å²) >= 11 is 0. The van der Waals surface area contributed by atoms with Gasteiger partial charge >= 0.3 is 0 Å². The standard InChI is InChI=1S/C15H21N3/c1-11-9-13(7-8-17(11)2)18-10-12-5-3-4-6-14(12)15(18)16/h3-6,11,13,16H,7-10H2,1-2H3. The second kappa shape index (κ2) is 4.39. The van der Waals surface area contributed by atoms with Crippen LogP contribution in [-0.2, 0) is 6.54 Å². The summed E-state index contributed by atoms with van der Waals surface area (Å²) in [5.41, 5.74) is 2.44. The van der Waals surface area contributed by atoms with Crippen molar-refractivity contribution in [2.24, 2.45) is 0 Å². The number of nitrogens with one attached hydrogen (secondary N) is 1. The predicted octanol–water partition coefficient (Wildman–Crippen LogP) is 2.31. The highest BCUT2D eigenvalue weighted by atomic mass is 15.2. The molecule has 1 saturated heterocycles. The van der Waals surface area contributed by atoms with Crippen LogP contribution in [0.1, 0.15) is 30.9 Å². The number of piperidine rings is 1. The quantitative estimate of drug-likeness (QED) is 0.820. The van der Waals surface area contributed by atoms with Gasteiger partial charge in [-0.25, -0.2) is 0 Å². The van der Waals surface area contributed by atoms with E-state index in [1.165, 1.54) is 18.4 Å². The molecule has 96 valence electrons. The largest absolute Gasteiger partial charge is 0.349 e. The Morgan fingerprint density at radius 3 is 2.78 bits per heavy atom. The van der Waals surface area contributed by atoms with Crippen LogP contribution in [0.3, 0.4) is 0 Å². The number of rotatable bonds is 1. The molecule has 0 saturated carbocycles. The van der Waals surface area contributed by atoms with Gasteiger partial charge < -0.3 is 9.80 Å². The van der Waals surface area contributed by atoms with Crippen molar-refractivity contribution in [3.8, 4) is 0 Å². The first-order valence-electron chi connectivity index (χ1n) is 6.80. The molecule has 0 aromatic heterocycles. The minimum absolute atomic E-state index is 0.538. The van der Waals surface area contributed by atoms with E-state index >= 15 is 0 Å². The average molecular weight is 243 g/mol. The van der Waals surface area contributed by atoms with Crippen LogP contribution in [0.4, 0.5) is 0 Å². The van der Waals surface area contributed by atoms with E-state index in [2.05, 4.69) is 42.0 Å². The molecule has 1 aromatic rings. The van der Waals surface area contributed by atoms with Gasteiger partial charge in [0, 0.05) is 30.7 Å². The van der Waals surface area contributed by atoms with E-state index in [9.17, 15) is 0 Å². The van der Waals surface area contributed by atoms with Gasteiger partial charge in [-0.3, -0.25) is 5.41 Å². The molecule has 2 atom stereocenters. The molecule has 0 radical (unpaired) electrons. The average Bonchev–Trinajstić information content (AvgIpc) is 2.71. The first-order valence-corrected chi connectivity index (χ1v) is 6.80. The molecule has 3 heteroatoms. The van der Waals surface area contributed by atoms with E-state index in [4.69, 9.17) is 5.41 Å². The predicted molar refractivity (Wildman–Crippen MR) is 73.9 cm³/mol. The van der Waals surface area contributed by atoms with Crippen molar-refractivity contribution < 1.29 is 0 Å². The molecule has 1 aromatic carbocycles. The van der Waals surface area contributed by atoms with Crippen LogP contribution < -0.4 is 0 Å². The van der Waals surface area contributed by atoms with Crippen molar-refractivity contribution in [3.05, 3.63) is 35.4 Å². The van der Waals surface area contributed by atoms with Crippen LogP contribution in [0.15, 0.2) is 24.3 Å². The van der Waals surface area contributed by atoms with E-state index in [0.717, 1.165) is 24.5 Å². The third-order valence-corrected chi connectivity index (χ3v) is 4.52. The fraction of sp³-hybridized carbons (Fsp3) is 0.533. The Labute approximate surface area is 109 Å². The van der Waals surface area contributed by atoms with Crippen molar-refractivity contribution in [1.82, 2.24) is 9.80 Å². The number of fused-ring (bicyclic) bond motifs is 1. The molecule has 2 aliphatic rings. The van der Waals surface area contributed by atoms with Gasteiger partial charge in [-0.2, -0.15) is 0 Å². The molecule has 2 unspecified atom stereocenters. The number of hydrogen-bond acceptors (Lipinski definition) is 2. The molecular weight excluding hydrogens is 222 g/mol. The molecule has 1 N–H and O–H groups in total. The van der Waals surface area contributed by atoms with Crippen molar-refractivity contribution in [2.75, 3.05) is 13.6 Å². The molecule has 0 bridgehead atoms. The van der Waals surface area contributed by atoms with Crippen LogP contribution in [0.5, 0.6) is 0 Å². The van der Waals surface area contributed by atoms with Gasteiger partial charge in [-0.05, 0) is 32.4 Å². The summed E-state index contributed by atoms with van der Waals surface area (Å²) in [6.07, 6.45) is 2.35. The van der Waals surface area contributed by atoms with Crippen LogP contribution in [0, 0.1) is 5.41 Å². The number of nitrogens with zero attached hydrogens (tertiary/aromatic N) is 2. The zero-order valence-corrected chi connectivity index (χ0v) is 11.2. The highest BCUT2D eigenvalue weighted by Gasteiger charge is 2.33. The summed E-state index contributed by atoms with van der Waals surface area (Å²) in [6.45, 7) is 4.36. The molecule has 0 spiro atoms. The first-order chi connectivity index (χ1) is 8.66. The normalized spacial score (nSPS) is 28.6. The molecular formula is C15H21N3. The monoisotopic (exact) mass is 243 g/mol. The maximum atomic E-state index is 8.35. The third-order valence-electron chi connectivity index (χ3n) is 4.52. The van der Waals surface area contributed by atoms with Crippen molar-refractivity contribution in [1.29, 1.82) is 5.41 Å². The van der Waals surface area contributed by atoms with Crippen LogP contribution >= 0.6 is 0 Å². The second-order valence-corrected chi connectivity index (χ2v) is 5.64. The summed E-state index contributed by atoms with van der Waals surface area (Å²) in [6, 6.07) is 9.51. The van der Waals surface area contributed by atoms with E-state index in [1.54, 1.807) is 0 Å². The Kier molecular flexibility index (Phi) is 2.86. The maximum Gasteiger partial charge on any atom is 0.128 e. The maximum absolute atomic E-state index is 8.35. The SMILES string of the molecule is CC1CC(N2Cc3ccccc3C2=N)CCN1C. The van der Waals surface area contributed by atoms with Gasteiger partial charge in [0.2, 0.25) is 0 Å². The summed E-state index contributed by atoms with van der Waals surface area (Å²) in [7, 11) is 2.20. The van der Waals surface area contributed by atoms with E-state index in [-0.39, 0.29) is 0 Å². The third kappa shape index (κ3) is 1.83. The second-order valence-electron chi connectivity index (χ2n) is 5.64. The van der Waals surface area contributed by atoms with Crippen LogP contribution in [0.25, 0.3) is 0 Å². The van der Waals surface area contributed by atoms with Gasteiger partial charge in [0.15, 0.2) is 0 Å². The summed E-state index contributed by atoms with van der Waals surface area (Å²) < 4.78 is 0. The van der Waals surface area contributed by atoms with Gasteiger partial charge in [-0.1, -0.05) is 24.3 Å². The lowest BCUT2D eigenvalue weighted by Crippen LogP contribution is -2.47. The lowest BCUT2D eigenvalue weighted by molar-refractivity contribution is 0.127. The molecule has 2 aliphatic heterocycles. The fourth-order valence-electron chi connectivity index (χ4n) is 3.17. The van der Waals surface area contributed by atoms with E-state index in [0.29, 0.717) is 12.1 Å². The molecule has 0 aliphatic carbocycles. The molecule has 18 heavy (non-hydrogen) atoms. The summed E-state index contributed by atoms with van der Waals surface area (Å²) in [5.74, 6) is 0.729. The van der Waals surface area contributed by atoms with E-state index in [1.807, 2.05) is 6.07 Å². The lowest BCUT2D eigenvalue weighted by atomic mass is 9.97. The topological polar surface area (TPSA) is 30.3 Å². The number of benzene rings is 1. The summed E-state index contributed by atoms with van der Waals surface area (Å²) in [4.78, 5) is 4.72. The fourth-order valence-corrected chi connectivity index (χ4v) is 3.17. The number of amidine groups is 1. The number of likely N-dealkylation sites (tertiary alicyclic amines) is 1. The lowest BCUT2D eigenvalue weighted by Gasteiger charge is -2.40. The molecule has 3 nitrogen and oxygen atoms in total. The molecule has 3 rings (SSSR count). The van der Waals surface area contributed by atoms with Crippen molar-refractivity contribution in [2.45, 2.75) is 38.4 Å². The Morgan fingerprint density at radius 2 is 2.06 bits per heavy atom. The molecule has 1 fully saturated rings. The number of hydrogen-bond donors (Lipinski definition) is 1. The minimum atomic E-state index is 0.538. The zero-order chi connectivity index (χ0) is 12.7.